The first-order valence-electron chi connectivity index (χ1n) is 13.2. The van der Waals surface area contributed by atoms with Gasteiger partial charge in [-0.15, -0.1) is 0 Å². The Morgan fingerprint density at radius 1 is 1.17 bits per heavy atom. The molecule has 4 heterocycles. The molecule has 15 heteroatoms. The number of nitrogens with zero attached hydrogens (tertiary/aromatic N) is 4. The first-order valence-corrected chi connectivity index (χ1v) is 13.8. The summed E-state index contributed by atoms with van der Waals surface area (Å²) in [6.45, 7) is 4.13. The number of amidine groups is 1. The zero-order valence-corrected chi connectivity index (χ0v) is 23.7. The minimum Gasteiger partial charge on any atom is -0.381 e. The van der Waals surface area contributed by atoms with Gasteiger partial charge in [0.25, 0.3) is 0 Å². The normalized spacial score (nSPS) is 21.4. The Labute approximate surface area is 240 Å². The summed E-state index contributed by atoms with van der Waals surface area (Å²) in [5.41, 5.74) is -3.38. The number of alkyl halides is 4. The maximum Gasteiger partial charge on any atom is 0.417 e. The number of carbonyl (C=O) groups is 1. The third-order valence-corrected chi connectivity index (χ3v) is 7.71. The van der Waals surface area contributed by atoms with Crippen molar-refractivity contribution in [2.75, 3.05) is 36.8 Å². The third kappa shape index (κ3) is 6.30. The Balaban J connectivity index is 0.00000189. The van der Waals surface area contributed by atoms with Crippen molar-refractivity contribution in [3.8, 4) is 11.4 Å². The molecule has 0 aromatic carbocycles. The monoisotopic (exact) mass is 598 g/mol. The third-order valence-electron chi connectivity index (χ3n) is 7.71. The molecule has 2 saturated heterocycles. The predicted molar refractivity (Wildman–Crippen MR) is 151 cm³/mol. The number of urea groups is 1. The predicted octanol–water partition coefficient (Wildman–Crippen LogP) is 4.73. The molecule has 0 radical (unpaired) electrons. The van der Waals surface area contributed by atoms with Crippen molar-refractivity contribution in [2.24, 2.45) is 0 Å². The number of pyridine rings is 1. The molecule has 41 heavy (non-hydrogen) atoms. The van der Waals surface area contributed by atoms with Crippen LogP contribution in [-0.2, 0) is 0 Å². The van der Waals surface area contributed by atoms with Crippen molar-refractivity contribution in [3.63, 3.8) is 0 Å². The molecule has 2 aromatic rings. The fraction of sp³-hybridized carbons (Fsp3) is 0.577. The zero-order chi connectivity index (χ0) is 30.2. The molecular weight excluding hydrogens is 564 g/mol. The second-order valence-electron chi connectivity index (χ2n) is 11.3. The maximum atomic E-state index is 14.3. The average molecular weight is 599 g/mol. The molecule has 1 unspecified atom stereocenters. The van der Waals surface area contributed by atoms with E-state index in [0.29, 0.717) is 35.5 Å². The number of aromatic nitrogens is 3. The number of H-pyrrole nitrogens is 1. The van der Waals surface area contributed by atoms with Crippen LogP contribution < -0.4 is 10.6 Å². The lowest BCUT2D eigenvalue weighted by atomic mass is 9.84. The Morgan fingerprint density at radius 3 is 2.41 bits per heavy atom. The highest BCUT2D eigenvalue weighted by atomic mass is 32.1. The summed E-state index contributed by atoms with van der Waals surface area (Å²) in [5.74, 6) is 3.11. The summed E-state index contributed by atoms with van der Waals surface area (Å²) in [5, 5.41) is 31.4. The van der Waals surface area contributed by atoms with Crippen molar-refractivity contribution in [3.05, 3.63) is 24.0 Å². The van der Waals surface area contributed by atoms with E-state index in [1.807, 2.05) is 4.90 Å². The highest BCUT2D eigenvalue weighted by molar-refractivity contribution is 7.77. The lowest BCUT2D eigenvalue weighted by Crippen LogP contribution is -2.60. The molecule has 5 N–H and O–H groups in total. The van der Waals surface area contributed by atoms with Crippen molar-refractivity contribution in [1.29, 1.82) is 5.41 Å². The van der Waals surface area contributed by atoms with E-state index in [9.17, 15) is 27.5 Å². The number of carbonyl (C=O) groups excluding carboxylic acids is 1. The van der Waals surface area contributed by atoms with Crippen LogP contribution in [0.25, 0.3) is 11.4 Å². The number of halogens is 4. The molecule has 2 amide bonds. The van der Waals surface area contributed by atoms with Crippen LogP contribution in [0, 0.1) is 5.41 Å². The van der Waals surface area contributed by atoms with Gasteiger partial charge in [0.15, 0.2) is 5.60 Å². The second kappa shape index (κ2) is 11.2. The Hall–Kier alpha value is -3.33. The molecule has 3 aliphatic rings. The zero-order valence-electron chi connectivity index (χ0n) is 22.9. The van der Waals surface area contributed by atoms with Gasteiger partial charge in [-0.2, -0.15) is 18.3 Å². The van der Waals surface area contributed by atoms with Crippen molar-refractivity contribution >= 4 is 41.3 Å². The smallest absolute Gasteiger partial charge is 0.381 e. The van der Waals surface area contributed by atoms with Crippen molar-refractivity contribution < 1.29 is 27.5 Å². The number of anilines is 2. The molecule has 10 nitrogen and oxygen atoms in total. The molecule has 1 saturated carbocycles. The van der Waals surface area contributed by atoms with E-state index in [-0.39, 0.29) is 24.6 Å². The van der Waals surface area contributed by atoms with Crippen LogP contribution >= 0.6 is 12.2 Å². The van der Waals surface area contributed by atoms with Crippen molar-refractivity contribution in [2.45, 2.75) is 68.9 Å². The number of aromatic amines is 1. The summed E-state index contributed by atoms with van der Waals surface area (Å²) < 4.78 is 54.6. The van der Waals surface area contributed by atoms with E-state index in [0.717, 1.165) is 19.5 Å². The molecule has 224 valence electrons. The van der Waals surface area contributed by atoms with Gasteiger partial charge < -0.3 is 25.5 Å². The Kier molecular flexibility index (Phi) is 8.33. The molecule has 2 aromatic heterocycles. The van der Waals surface area contributed by atoms with Gasteiger partial charge in [-0.3, -0.25) is 15.5 Å². The number of nitrogens with one attached hydrogen (secondary N) is 4. The van der Waals surface area contributed by atoms with E-state index in [2.05, 4.69) is 43.9 Å². The van der Waals surface area contributed by atoms with E-state index in [1.54, 1.807) is 6.07 Å². The summed E-state index contributed by atoms with van der Waals surface area (Å²) in [6.07, 6.45) is -1.30. The topological polar surface area (TPSA) is 133 Å². The van der Waals surface area contributed by atoms with Gasteiger partial charge >= 0.3 is 12.2 Å². The van der Waals surface area contributed by atoms with Crippen LogP contribution in [0.3, 0.4) is 0 Å². The first-order chi connectivity index (χ1) is 19.2. The number of likely N-dealkylation sites (tertiary alicyclic amines) is 2. The number of rotatable bonds is 6. The summed E-state index contributed by atoms with van der Waals surface area (Å²) in [6, 6.07) is 1.05. The van der Waals surface area contributed by atoms with Gasteiger partial charge in [0, 0.05) is 56.4 Å². The second-order valence-corrected chi connectivity index (χ2v) is 11.3. The van der Waals surface area contributed by atoms with Crippen LogP contribution in [0.4, 0.5) is 33.7 Å². The van der Waals surface area contributed by atoms with Gasteiger partial charge in [-0.1, -0.05) is 12.2 Å². The fourth-order valence-corrected chi connectivity index (χ4v) is 5.11. The number of piperidine rings is 1. The number of hydrogen-bond acceptors (Lipinski definition) is 7. The SMILES string of the molecule is C=S.CC(C)(F)CNc1cc(-c2[nH]ncc2NC(=O)N2CCC(O)(C(F)(F)F)CC23CC3)ncc1C(=N)N1CCC1. The Bertz CT molecular complexity index is 1290. The summed E-state index contributed by atoms with van der Waals surface area (Å²) in [7, 11) is 0. The molecule has 2 aliphatic heterocycles. The number of thiocarbonyl (C=S) groups is 1. The average Bonchev–Trinajstić information content (AvgIpc) is 3.45. The minimum absolute atomic E-state index is 0.00931. The van der Waals surface area contributed by atoms with Crippen LogP contribution in [0.15, 0.2) is 18.5 Å². The van der Waals surface area contributed by atoms with E-state index < -0.39 is 41.9 Å². The minimum atomic E-state index is -4.77. The van der Waals surface area contributed by atoms with Crippen molar-refractivity contribution in [1.82, 2.24) is 25.0 Å². The van der Waals surface area contributed by atoms with Crippen LogP contribution in [0.5, 0.6) is 0 Å². The molecule has 1 aliphatic carbocycles. The maximum absolute atomic E-state index is 14.3. The van der Waals surface area contributed by atoms with Gasteiger partial charge in [-0.05, 0) is 45.0 Å². The summed E-state index contributed by atoms with van der Waals surface area (Å²) in [4.78, 5) is 20.9. The van der Waals surface area contributed by atoms with Gasteiger partial charge in [-0.25, -0.2) is 9.18 Å². The lowest BCUT2D eigenvalue weighted by molar-refractivity contribution is -0.277. The molecule has 0 bridgehead atoms. The number of aliphatic hydroxyl groups is 1. The highest BCUT2D eigenvalue weighted by Crippen LogP contribution is 2.55. The molecule has 1 atom stereocenters. The number of hydrogen-bond donors (Lipinski definition) is 5. The quantitative estimate of drug-likeness (QED) is 0.141. The fourth-order valence-electron chi connectivity index (χ4n) is 5.11. The molecule has 3 fully saturated rings. The standard InChI is InChI=1S/C25H32F4N8O2.CH2S/c1-22(2,26)14-32-16-10-17(31-11-15(16)20(30)36-7-3-8-36)19-18(12-33-35-19)34-21(38)37-9-6-24(39,25(27,28)29)13-23(37)4-5-23;1-2/h10-12,30,39H,3-9,13-14H2,1-2H3,(H,31,32)(H,33,35)(H,34,38);1H2. The highest BCUT2D eigenvalue weighted by Gasteiger charge is 2.65. The summed E-state index contributed by atoms with van der Waals surface area (Å²) >= 11 is 3.83. The van der Waals surface area contributed by atoms with E-state index in [1.165, 1.54) is 31.1 Å². The van der Waals surface area contributed by atoms with Crippen LogP contribution in [0.2, 0.25) is 0 Å². The molecule has 5 rings (SSSR count). The van der Waals surface area contributed by atoms with Gasteiger partial charge in [0.2, 0.25) is 0 Å². The van der Waals surface area contributed by atoms with Crippen LogP contribution in [-0.4, -0.2) is 97.0 Å². The Morgan fingerprint density at radius 2 is 1.85 bits per heavy atom. The largest absolute Gasteiger partial charge is 0.417 e. The van der Waals surface area contributed by atoms with Crippen LogP contribution in [0.1, 0.15) is 51.5 Å². The van der Waals surface area contributed by atoms with E-state index >= 15 is 0 Å². The lowest BCUT2D eigenvalue weighted by Gasteiger charge is -2.45. The molecule has 1 spiro atoms. The van der Waals surface area contributed by atoms with Gasteiger partial charge in [0.1, 0.15) is 17.2 Å². The number of amides is 2. The molecular formula is C26H34F4N8O2S. The first kappa shape index (κ1) is 30.6. The van der Waals surface area contributed by atoms with Gasteiger partial charge in [0.05, 0.1) is 23.1 Å². The van der Waals surface area contributed by atoms with E-state index in [4.69, 9.17) is 5.41 Å².